The average molecular weight is 427 g/mol. The van der Waals surface area contributed by atoms with Gasteiger partial charge < -0.3 is 10.6 Å². The van der Waals surface area contributed by atoms with Crippen molar-refractivity contribution in [1.82, 2.24) is 0 Å². The number of carbonyl (C=O) groups is 2. The second-order valence-corrected chi connectivity index (χ2v) is 6.65. The maximum absolute atomic E-state index is 13.6. The topological polar surface area (TPSA) is 70.6 Å². The highest BCUT2D eigenvalue weighted by atomic mass is 19.4. The molecule has 31 heavy (non-hydrogen) atoms. The molecular formula is C22H13F4N3O2. The van der Waals surface area contributed by atoms with Gasteiger partial charge in [-0.3, -0.25) is 9.59 Å². The van der Waals surface area contributed by atoms with Gasteiger partial charge in [0.2, 0.25) is 0 Å². The molecule has 3 aromatic rings. The lowest BCUT2D eigenvalue weighted by Crippen LogP contribution is -2.16. The molecule has 1 aliphatic rings. The van der Waals surface area contributed by atoms with Gasteiger partial charge in [0.1, 0.15) is 11.5 Å². The Kier molecular flexibility index (Phi) is 5.02. The molecule has 1 heterocycles. The zero-order valence-corrected chi connectivity index (χ0v) is 15.6. The number of amides is 2. The number of hydrogen-bond acceptors (Lipinski definition) is 3. The van der Waals surface area contributed by atoms with E-state index in [1.165, 1.54) is 36.4 Å². The molecule has 9 heteroatoms. The molecular weight excluding hydrogens is 414 g/mol. The molecule has 0 atom stereocenters. The van der Waals surface area contributed by atoms with Crippen molar-refractivity contribution in [2.45, 2.75) is 6.18 Å². The van der Waals surface area contributed by atoms with Crippen LogP contribution in [0.15, 0.2) is 71.7 Å². The molecule has 0 aromatic heterocycles. The van der Waals surface area contributed by atoms with Gasteiger partial charge >= 0.3 is 6.18 Å². The predicted molar refractivity (Wildman–Crippen MR) is 107 cm³/mol. The van der Waals surface area contributed by atoms with Crippen molar-refractivity contribution in [3.05, 3.63) is 89.2 Å². The van der Waals surface area contributed by atoms with Crippen molar-refractivity contribution in [3.63, 3.8) is 0 Å². The number of rotatable bonds is 3. The minimum absolute atomic E-state index is 0.0325. The summed E-state index contributed by atoms with van der Waals surface area (Å²) < 4.78 is 52.4. The van der Waals surface area contributed by atoms with Crippen LogP contribution in [0.2, 0.25) is 0 Å². The van der Waals surface area contributed by atoms with E-state index in [-0.39, 0.29) is 28.2 Å². The standard InChI is InChI=1S/C22H13F4N3O2/c23-13-8-9-18-16(11-13)19(21(31)29-18)28-17-7-2-1-6-15(17)20(30)27-14-5-3-4-12(10-14)22(24,25)26/h1-11H,(H,27,30)(H,28,29,31). The van der Waals surface area contributed by atoms with Crippen molar-refractivity contribution < 1.29 is 27.2 Å². The van der Waals surface area contributed by atoms with Crippen molar-refractivity contribution in [2.75, 3.05) is 10.6 Å². The lowest BCUT2D eigenvalue weighted by atomic mass is 10.1. The second kappa shape index (κ2) is 7.67. The van der Waals surface area contributed by atoms with Gasteiger partial charge in [-0.15, -0.1) is 0 Å². The SMILES string of the molecule is O=C1Nc2ccc(F)cc2C1=Nc1ccccc1C(=O)Nc1cccc(C(F)(F)F)c1. The quantitative estimate of drug-likeness (QED) is 0.566. The van der Waals surface area contributed by atoms with Crippen LogP contribution in [0.1, 0.15) is 21.5 Å². The number of nitrogens with zero attached hydrogens (tertiary/aromatic N) is 1. The van der Waals surface area contributed by atoms with Crippen molar-refractivity contribution >= 4 is 34.6 Å². The van der Waals surface area contributed by atoms with Gasteiger partial charge in [0, 0.05) is 11.3 Å². The number of carbonyl (C=O) groups excluding carboxylic acids is 2. The van der Waals surface area contributed by atoms with Crippen LogP contribution in [0.4, 0.5) is 34.6 Å². The van der Waals surface area contributed by atoms with Crippen molar-refractivity contribution in [2.24, 2.45) is 4.99 Å². The summed E-state index contributed by atoms with van der Waals surface area (Å²) in [5.74, 6) is -1.83. The Bertz CT molecular complexity index is 1240. The summed E-state index contributed by atoms with van der Waals surface area (Å²) >= 11 is 0. The Labute approximate surface area is 173 Å². The first-order chi connectivity index (χ1) is 14.7. The fraction of sp³-hybridized carbons (Fsp3) is 0.0455. The Morgan fingerprint density at radius 3 is 2.52 bits per heavy atom. The fourth-order valence-corrected chi connectivity index (χ4v) is 3.09. The normalized spacial score (nSPS) is 14.3. The van der Waals surface area contributed by atoms with Crippen LogP contribution < -0.4 is 10.6 Å². The lowest BCUT2D eigenvalue weighted by molar-refractivity contribution is -0.137. The average Bonchev–Trinajstić information content (AvgIpc) is 3.02. The first-order valence-corrected chi connectivity index (χ1v) is 9.00. The van der Waals surface area contributed by atoms with Gasteiger partial charge in [-0.1, -0.05) is 18.2 Å². The van der Waals surface area contributed by atoms with Gasteiger partial charge in [-0.2, -0.15) is 13.2 Å². The first-order valence-electron chi connectivity index (χ1n) is 9.00. The molecule has 0 saturated heterocycles. The monoisotopic (exact) mass is 427 g/mol. The van der Waals surface area contributed by atoms with Gasteiger partial charge in [-0.05, 0) is 48.5 Å². The summed E-state index contributed by atoms with van der Waals surface area (Å²) in [5.41, 5.74) is -0.254. The van der Waals surface area contributed by atoms with Gasteiger partial charge in [0.05, 0.1) is 22.5 Å². The minimum Gasteiger partial charge on any atom is -0.322 e. The zero-order valence-electron chi connectivity index (χ0n) is 15.6. The lowest BCUT2D eigenvalue weighted by Gasteiger charge is -2.11. The molecule has 1 aliphatic heterocycles. The Morgan fingerprint density at radius 1 is 0.968 bits per heavy atom. The molecule has 0 fully saturated rings. The van der Waals surface area contributed by atoms with Crippen LogP contribution in [-0.2, 0) is 11.0 Å². The van der Waals surface area contributed by atoms with E-state index >= 15 is 0 Å². The summed E-state index contributed by atoms with van der Waals surface area (Å²) in [7, 11) is 0. The van der Waals surface area contributed by atoms with Crippen LogP contribution in [0.25, 0.3) is 0 Å². The van der Waals surface area contributed by atoms with Crippen LogP contribution in [0.3, 0.4) is 0 Å². The number of para-hydroxylation sites is 1. The van der Waals surface area contributed by atoms with E-state index in [0.717, 1.165) is 18.2 Å². The molecule has 0 bridgehead atoms. The highest BCUT2D eigenvalue weighted by molar-refractivity contribution is 6.54. The number of nitrogens with one attached hydrogen (secondary N) is 2. The number of alkyl halides is 3. The van der Waals surface area contributed by atoms with Crippen LogP contribution in [0, 0.1) is 5.82 Å². The number of aliphatic imine (C=N–C) groups is 1. The smallest absolute Gasteiger partial charge is 0.322 e. The van der Waals surface area contributed by atoms with E-state index in [0.29, 0.717) is 5.69 Å². The molecule has 4 rings (SSSR count). The first kappa shape index (κ1) is 20.3. The second-order valence-electron chi connectivity index (χ2n) is 6.65. The summed E-state index contributed by atoms with van der Waals surface area (Å²) in [6.45, 7) is 0. The summed E-state index contributed by atoms with van der Waals surface area (Å²) in [5, 5.41) is 4.97. The third-order valence-electron chi connectivity index (χ3n) is 4.53. The molecule has 156 valence electrons. The largest absolute Gasteiger partial charge is 0.416 e. The van der Waals surface area contributed by atoms with E-state index in [1.54, 1.807) is 12.1 Å². The van der Waals surface area contributed by atoms with E-state index in [4.69, 9.17) is 0 Å². The van der Waals surface area contributed by atoms with E-state index in [1.807, 2.05) is 0 Å². The molecule has 0 unspecified atom stereocenters. The maximum Gasteiger partial charge on any atom is 0.416 e. The highest BCUT2D eigenvalue weighted by Gasteiger charge is 2.31. The van der Waals surface area contributed by atoms with Crippen LogP contribution >= 0.6 is 0 Å². The summed E-state index contributed by atoms with van der Waals surface area (Å²) in [4.78, 5) is 29.2. The van der Waals surface area contributed by atoms with Crippen LogP contribution in [-0.4, -0.2) is 17.5 Å². The highest BCUT2D eigenvalue weighted by Crippen LogP contribution is 2.31. The summed E-state index contributed by atoms with van der Waals surface area (Å²) in [6.07, 6.45) is -4.55. The predicted octanol–water partition coefficient (Wildman–Crippen LogP) is 5.17. The van der Waals surface area contributed by atoms with E-state index < -0.39 is 29.4 Å². The third kappa shape index (κ3) is 4.16. The van der Waals surface area contributed by atoms with E-state index in [2.05, 4.69) is 15.6 Å². The van der Waals surface area contributed by atoms with Gasteiger partial charge in [0.25, 0.3) is 11.8 Å². The maximum atomic E-state index is 13.6. The number of benzene rings is 3. The molecule has 0 aliphatic carbocycles. The van der Waals surface area contributed by atoms with Gasteiger partial charge in [0.15, 0.2) is 0 Å². The zero-order chi connectivity index (χ0) is 22.2. The molecule has 5 nitrogen and oxygen atoms in total. The van der Waals surface area contributed by atoms with Crippen LogP contribution in [0.5, 0.6) is 0 Å². The Morgan fingerprint density at radius 2 is 1.74 bits per heavy atom. The summed E-state index contributed by atoms with van der Waals surface area (Å²) in [6, 6.07) is 14.0. The fourth-order valence-electron chi connectivity index (χ4n) is 3.09. The number of anilines is 2. The van der Waals surface area contributed by atoms with E-state index in [9.17, 15) is 27.2 Å². The molecule has 0 spiro atoms. The van der Waals surface area contributed by atoms with Crippen molar-refractivity contribution in [1.29, 1.82) is 0 Å². The molecule has 2 N–H and O–H groups in total. The number of fused-ring (bicyclic) bond motifs is 1. The van der Waals surface area contributed by atoms with Crippen molar-refractivity contribution in [3.8, 4) is 0 Å². The van der Waals surface area contributed by atoms with Gasteiger partial charge in [-0.25, -0.2) is 9.38 Å². The third-order valence-corrected chi connectivity index (χ3v) is 4.53. The molecule has 3 aromatic carbocycles. The Hall–Kier alpha value is -4.01. The molecule has 2 amide bonds. The minimum atomic E-state index is -4.55. The number of hydrogen-bond donors (Lipinski definition) is 2. The Balaban J connectivity index is 1.68. The molecule has 0 saturated carbocycles. The molecule has 0 radical (unpaired) electrons. The number of halogens is 4.